The van der Waals surface area contributed by atoms with Gasteiger partial charge in [0.15, 0.2) is 0 Å². The van der Waals surface area contributed by atoms with E-state index >= 15 is 0 Å². The Morgan fingerprint density at radius 3 is 2.59 bits per heavy atom. The Hall–Kier alpha value is -2.17. The van der Waals surface area contributed by atoms with Gasteiger partial charge in [0.2, 0.25) is 5.91 Å². The number of nitrogens with zero attached hydrogens (tertiary/aromatic N) is 1. The van der Waals surface area contributed by atoms with Crippen molar-refractivity contribution in [3.63, 3.8) is 0 Å². The molecule has 1 atom stereocenters. The number of imide groups is 1. The number of hydrogen-bond acceptors (Lipinski definition) is 3. The summed E-state index contributed by atoms with van der Waals surface area (Å²) in [6, 6.07) is 5.41. The monoisotopic (exact) mass is 302 g/mol. The van der Waals surface area contributed by atoms with Crippen molar-refractivity contribution in [2.45, 2.75) is 46.1 Å². The molecule has 2 rings (SSSR count). The average molecular weight is 302 g/mol. The minimum Gasteiger partial charge on any atom is -0.354 e. The lowest BCUT2D eigenvalue weighted by Crippen LogP contribution is -2.34. The van der Waals surface area contributed by atoms with Crippen molar-refractivity contribution in [3.05, 3.63) is 34.9 Å². The minimum atomic E-state index is -0.262. The molecule has 0 spiro atoms. The van der Waals surface area contributed by atoms with Crippen LogP contribution < -0.4 is 5.32 Å². The summed E-state index contributed by atoms with van der Waals surface area (Å²) in [7, 11) is 0. The molecule has 3 amide bonds. The van der Waals surface area contributed by atoms with E-state index in [1.807, 2.05) is 26.8 Å². The molecule has 1 aliphatic rings. The van der Waals surface area contributed by atoms with Crippen LogP contribution in [0.25, 0.3) is 0 Å². The highest BCUT2D eigenvalue weighted by molar-refractivity contribution is 6.21. The molecule has 0 saturated carbocycles. The molecule has 5 nitrogen and oxygen atoms in total. The van der Waals surface area contributed by atoms with Gasteiger partial charge in [0.05, 0.1) is 11.1 Å². The average Bonchev–Trinajstić information content (AvgIpc) is 2.71. The van der Waals surface area contributed by atoms with Gasteiger partial charge >= 0.3 is 0 Å². The maximum Gasteiger partial charge on any atom is 0.261 e. The molecule has 0 bridgehead atoms. The predicted molar refractivity (Wildman–Crippen MR) is 83.7 cm³/mol. The molecule has 1 aliphatic heterocycles. The van der Waals surface area contributed by atoms with Crippen LogP contribution in [0.3, 0.4) is 0 Å². The van der Waals surface area contributed by atoms with E-state index in [1.165, 1.54) is 4.90 Å². The Balaban J connectivity index is 1.91. The normalized spacial score (nSPS) is 15.0. The first-order valence-corrected chi connectivity index (χ1v) is 7.70. The summed E-state index contributed by atoms with van der Waals surface area (Å²) in [5.41, 5.74) is 1.88. The van der Waals surface area contributed by atoms with E-state index in [4.69, 9.17) is 0 Å². The quantitative estimate of drug-likeness (QED) is 0.820. The third-order valence-electron chi connectivity index (χ3n) is 3.93. The molecule has 0 radical (unpaired) electrons. The highest BCUT2D eigenvalue weighted by Crippen LogP contribution is 2.24. The fourth-order valence-corrected chi connectivity index (χ4v) is 2.45. The lowest BCUT2D eigenvalue weighted by Gasteiger charge is -2.14. The van der Waals surface area contributed by atoms with Crippen LogP contribution in [-0.4, -0.2) is 35.2 Å². The zero-order chi connectivity index (χ0) is 16.3. The summed E-state index contributed by atoms with van der Waals surface area (Å²) < 4.78 is 0. The van der Waals surface area contributed by atoms with Crippen molar-refractivity contribution < 1.29 is 14.4 Å². The van der Waals surface area contributed by atoms with Crippen molar-refractivity contribution in [2.75, 3.05) is 6.54 Å². The Labute approximate surface area is 130 Å². The Bertz CT molecular complexity index is 610. The van der Waals surface area contributed by atoms with Gasteiger partial charge in [-0.3, -0.25) is 19.3 Å². The molecule has 118 valence electrons. The predicted octanol–water partition coefficient (Wildman–Crippen LogP) is 2.29. The summed E-state index contributed by atoms with van der Waals surface area (Å²) in [6.45, 7) is 6.12. The highest BCUT2D eigenvalue weighted by atomic mass is 16.2. The maximum atomic E-state index is 12.3. The molecule has 0 fully saturated rings. The maximum absolute atomic E-state index is 12.3. The van der Waals surface area contributed by atoms with Crippen LogP contribution >= 0.6 is 0 Å². The van der Waals surface area contributed by atoms with E-state index in [2.05, 4.69) is 5.32 Å². The number of benzene rings is 1. The number of hydrogen-bond donors (Lipinski definition) is 1. The first-order chi connectivity index (χ1) is 10.4. The SMILES string of the molecule is CCC(C)NC(=O)CCCN1C(=O)c2ccc(C)cc2C1=O. The molecule has 1 heterocycles. The molecule has 22 heavy (non-hydrogen) atoms. The number of carbonyl (C=O) groups excluding carboxylic acids is 3. The molecule has 1 N–H and O–H groups in total. The topological polar surface area (TPSA) is 66.5 Å². The van der Waals surface area contributed by atoms with Gasteiger partial charge in [0, 0.05) is 19.0 Å². The van der Waals surface area contributed by atoms with E-state index in [9.17, 15) is 14.4 Å². The third kappa shape index (κ3) is 3.35. The Morgan fingerprint density at radius 1 is 1.23 bits per heavy atom. The van der Waals surface area contributed by atoms with E-state index in [0.29, 0.717) is 24.0 Å². The summed E-state index contributed by atoms with van der Waals surface area (Å²) >= 11 is 0. The van der Waals surface area contributed by atoms with Crippen molar-refractivity contribution in [1.82, 2.24) is 10.2 Å². The zero-order valence-corrected chi connectivity index (χ0v) is 13.3. The summed E-state index contributed by atoms with van der Waals surface area (Å²) in [6.07, 6.45) is 1.67. The number of amides is 3. The Morgan fingerprint density at radius 2 is 1.91 bits per heavy atom. The van der Waals surface area contributed by atoms with Gasteiger partial charge in [-0.05, 0) is 38.8 Å². The van der Waals surface area contributed by atoms with E-state index < -0.39 is 0 Å². The molecular formula is C17H22N2O3. The van der Waals surface area contributed by atoms with Crippen LogP contribution in [0, 0.1) is 6.92 Å². The van der Waals surface area contributed by atoms with Gasteiger partial charge in [-0.2, -0.15) is 0 Å². The summed E-state index contributed by atoms with van der Waals surface area (Å²) in [4.78, 5) is 37.4. The van der Waals surface area contributed by atoms with Crippen molar-refractivity contribution in [3.8, 4) is 0 Å². The lowest BCUT2D eigenvalue weighted by molar-refractivity contribution is -0.121. The number of aryl methyl sites for hydroxylation is 1. The fraction of sp³-hybridized carbons (Fsp3) is 0.471. The molecule has 0 aliphatic carbocycles. The summed E-state index contributed by atoms with van der Waals surface area (Å²) in [5.74, 6) is -0.560. The second kappa shape index (κ2) is 6.73. The van der Waals surface area contributed by atoms with Crippen molar-refractivity contribution in [2.24, 2.45) is 0 Å². The molecule has 1 aromatic rings. The number of nitrogens with one attached hydrogen (secondary N) is 1. The van der Waals surface area contributed by atoms with Crippen LogP contribution in [-0.2, 0) is 4.79 Å². The van der Waals surface area contributed by atoms with Gasteiger partial charge in [0.25, 0.3) is 11.8 Å². The standard InChI is InChI=1S/C17H22N2O3/c1-4-12(3)18-15(20)6-5-9-19-16(21)13-8-7-11(2)10-14(13)17(19)22/h7-8,10,12H,4-6,9H2,1-3H3,(H,18,20). The number of rotatable bonds is 6. The number of carbonyl (C=O) groups is 3. The Kier molecular flexibility index (Phi) is 4.96. The highest BCUT2D eigenvalue weighted by Gasteiger charge is 2.34. The van der Waals surface area contributed by atoms with Crippen molar-refractivity contribution >= 4 is 17.7 Å². The van der Waals surface area contributed by atoms with Gasteiger partial charge in [-0.25, -0.2) is 0 Å². The smallest absolute Gasteiger partial charge is 0.261 e. The van der Waals surface area contributed by atoms with E-state index in [-0.39, 0.29) is 30.3 Å². The molecule has 5 heteroatoms. The van der Waals surface area contributed by atoms with E-state index in [0.717, 1.165) is 12.0 Å². The molecule has 0 saturated heterocycles. The van der Waals surface area contributed by atoms with Gasteiger partial charge in [-0.15, -0.1) is 0 Å². The van der Waals surface area contributed by atoms with Gasteiger partial charge in [-0.1, -0.05) is 18.6 Å². The van der Waals surface area contributed by atoms with Gasteiger partial charge < -0.3 is 5.32 Å². The molecule has 1 unspecified atom stereocenters. The molecular weight excluding hydrogens is 280 g/mol. The molecule has 0 aromatic heterocycles. The third-order valence-corrected chi connectivity index (χ3v) is 3.93. The van der Waals surface area contributed by atoms with Crippen LogP contribution in [0.1, 0.15) is 59.4 Å². The minimum absolute atomic E-state index is 0.0400. The molecule has 1 aromatic carbocycles. The first kappa shape index (κ1) is 16.2. The second-order valence-corrected chi connectivity index (χ2v) is 5.79. The first-order valence-electron chi connectivity index (χ1n) is 7.70. The van der Waals surface area contributed by atoms with Crippen LogP contribution in [0.5, 0.6) is 0 Å². The summed E-state index contributed by atoms with van der Waals surface area (Å²) in [5, 5.41) is 2.87. The van der Waals surface area contributed by atoms with Crippen LogP contribution in [0.15, 0.2) is 18.2 Å². The van der Waals surface area contributed by atoms with Crippen molar-refractivity contribution in [1.29, 1.82) is 0 Å². The van der Waals surface area contributed by atoms with E-state index in [1.54, 1.807) is 12.1 Å². The number of fused-ring (bicyclic) bond motifs is 1. The van der Waals surface area contributed by atoms with Crippen LogP contribution in [0.4, 0.5) is 0 Å². The second-order valence-electron chi connectivity index (χ2n) is 5.79. The van der Waals surface area contributed by atoms with Crippen LogP contribution in [0.2, 0.25) is 0 Å². The largest absolute Gasteiger partial charge is 0.354 e. The fourth-order valence-electron chi connectivity index (χ4n) is 2.45. The van der Waals surface area contributed by atoms with Gasteiger partial charge in [0.1, 0.15) is 0 Å². The lowest BCUT2D eigenvalue weighted by atomic mass is 10.1. The zero-order valence-electron chi connectivity index (χ0n) is 13.3.